The second kappa shape index (κ2) is 7.12. The Morgan fingerprint density at radius 1 is 1.27 bits per heavy atom. The predicted octanol–water partition coefficient (Wildman–Crippen LogP) is 2.41. The smallest absolute Gasteiger partial charge is 0.432 e. The number of aliphatic hydroxyl groups excluding tert-OH is 1. The average molecular weight is 320 g/mol. The van der Waals surface area contributed by atoms with Gasteiger partial charge >= 0.3 is 6.16 Å². The molecular weight excluding hydrogens is 292 g/mol. The summed E-state index contributed by atoms with van der Waals surface area (Å²) in [7, 11) is 0. The summed E-state index contributed by atoms with van der Waals surface area (Å²) in [5.74, 6) is -0.617. The molecule has 0 saturated carbocycles. The van der Waals surface area contributed by atoms with Gasteiger partial charge in [-0.05, 0) is 34.6 Å². The lowest BCUT2D eigenvalue weighted by Gasteiger charge is -2.40. The molecule has 0 bridgehead atoms. The SMILES string of the molecule is CC(O)CC(C)(C)OOC(=O)OCC1(C)COC(C)(C)OC1. The van der Waals surface area contributed by atoms with Crippen LogP contribution in [0.5, 0.6) is 0 Å². The summed E-state index contributed by atoms with van der Waals surface area (Å²) in [5.41, 5.74) is -1.22. The molecule has 0 spiro atoms. The minimum absolute atomic E-state index is 0.0993. The van der Waals surface area contributed by atoms with Crippen LogP contribution in [0.3, 0.4) is 0 Å². The van der Waals surface area contributed by atoms with E-state index in [0.29, 0.717) is 19.6 Å². The van der Waals surface area contributed by atoms with Crippen LogP contribution in [0.2, 0.25) is 0 Å². The Morgan fingerprint density at radius 2 is 1.82 bits per heavy atom. The van der Waals surface area contributed by atoms with Gasteiger partial charge in [-0.15, -0.1) is 0 Å². The van der Waals surface area contributed by atoms with Crippen molar-refractivity contribution in [2.75, 3.05) is 19.8 Å². The Labute approximate surface area is 131 Å². The van der Waals surface area contributed by atoms with Gasteiger partial charge in [-0.1, -0.05) is 6.92 Å². The first-order chi connectivity index (χ1) is 9.93. The minimum Gasteiger partial charge on any atom is -0.432 e. The van der Waals surface area contributed by atoms with Crippen molar-refractivity contribution in [2.45, 2.75) is 65.5 Å². The minimum atomic E-state index is -0.926. The number of ether oxygens (including phenoxy) is 3. The molecule has 1 aliphatic heterocycles. The van der Waals surface area contributed by atoms with E-state index in [4.69, 9.17) is 19.1 Å². The van der Waals surface area contributed by atoms with Crippen molar-refractivity contribution in [3.63, 3.8) is 0 Å². The highest BCUT2D eigenvalue weighted by Gasteiger charge is 2.38. The van der Waals surface area contributed by atoms with E-state index in [1.54, 1.807) is 20.8 Å². The van der Waals surface area contributed by atoms with Crippen LogP contribution in [0.15, 0.2) is 0 Å². The summed E-state index contributed by atoms with van der Waals surface area (Å²) in [6, 6.07) is 0. The molecule has 130 valence electrons. The van der Waals surface area contributed by atoms with Crippen LogP contribution in [-0.4, -0.2) is 48.6 Å². The van der Waals surface area contributed by atoms with Crippen LogP contribution in [0, 0.1) is 5.41 Å². The molecule has 1 N–H and O–H groups in total. The van der Waals surface area contributed by atoms with E-state index in [0.717, 1.165) is 0 Å². The highest BCUT2D eigenvalue weighted by atomic mass is 17.2. The second-order valence-corrected chi connectivity index (χ2v) is 7.31. The van der Waals surface area contributed by atoms with E-state index < -0.39 is 29.1 Å². The standard InChI is InChI=1S/C15H28O7/c1-11(16)7-13(2,3)22-21-12(17)18-8-15(6)9-19-14(4,5)20-10-15/h11,16H,7-10H2,1-6H3. The summed E-state index contributed by atoms with van der Waals surface area (Å²) >= 11 is 0. The maximum Gasteiger partial charge on any atom is 0.540 e. The van der Waals surface area contributed by atoms with Crippen LogP contribution >= 0.6 is 0 Å². The van der Waals surface area contributed by atoms with Gasteiger partial charge in [-0.25, -0.2) is 4.79 Å². The second-order valence-electron chi connectivity index (χ2n) is 7.31. The number of hydrogen-bond acceptors (Lipinski definition) is 7. The first kappa shape index (κ1) is 19.2. The van der Waals surface area contributed by atoms with Crippen molar-refractivity contribution in [3.05, 3.63) is 0 Å². The molecule has 22 heavy (non-hydrogen) atoms. The zero-order valence-corrected chi connectivity index (χ0v) is 14.3. The lowest BCUT2D eigenvalue weighted by Crippen LogP contribution is -2.47. The fourth-order valence-corrected chi connectivity index (χ4v) is 2.01. The Bertz CT molecular complexity index is 366. The normalized spacial score (nSPS) is 22.0. The summed E-state index contributed by atoms with van der Waals surface area (Å²) in [5, 5.41) is 9.32. The topological polar surface area (TPSA) is 83.5 Å². The molecule has 0 aromatic carbocycles. The highest BCUT2D eigenvalue weighted by molar-refractivity contribution is 5.59. The van der Waals surface area contributed by atoms with Gasteiger partial charge in [0.25, 0.3) is 0 Å². The fraction of sp³-hybridized carbons (Fsp3) is 0.933. The van der Waals surface area contributed by atoms with Gasteiger partial charge in [-0.2, -0.15) is 4.89 Å². The van der Waals surface area contributed by atoms with Crippen molar-refractivity contribution in [2.24, 2.45) is 5.41 Å². The maximum atomic E-state index is 11.6. The highest BCUT2D eigenvalue weighted by Crippen LogP contribution is 2.29. The van der Waals surface area contributed by atoms with E-state index in [1.807, 2.05) is 20.8 Å². The third-order valence-electron chi connectivity index (χ3n) is 3.20. The number of aliphatic hydroxyl groups is 1. The predicted molar refractivity (Wildman–Crippen MR) is 78.0 cm³/mol. The molecule has 7 heteroatoms. The van der Waals surface area contributed by atoms with Crippen molar-refractivity contribution in [1.82, 2.24) is 0 Å². The molecule has 1 atom stereocenters. The zero-order valence-electron chi connectivity index (χ0n) is 14.3. The van der Waals surface area contributed by atoms with Crippen molar-refractivity contribution >= 4 is 6.16 Å². The molecule has 0 amide bonds. The van der Waals surface area contributed by atoms with Gasteiger partial charge in [0.05, 0.1) is 19.3 Å². The molecule has 0 aromatic heterocycles. The molecule has 0 aromatic rings. The van der Waals surface area contributed by atoms with Crippen LogP contribution in [-0.2, 0) is 24.0 Å². The molecule has 0 radical (unpaired) electrons. The molecule has 1 heterocycles. The van der Waals surface area contributed by atoms with Crippen LogP contribution in [0.4, 0.5) is 4.79 Å². The van der Waals surface area contributed by atoms with Gasteiger partial charge in [0.1, 0.15) is 12.2 Å². The first-order valence-electron chi connectivity index (χ1n) is 7.42. The van der Waals surface area contributed by atoms with E-state index in [2.05, 4.69) is 4.89 Å². The largest absolute Gasteiger partial charge is 0.540 e. The van der Waals surface area contributed by atoms with Gasteiger partial charge in [0, 0.05) is 11.8 Å². The molecule has 1 rings (SSSR count). The summed E-state index contributed by atoms with van der Waals surface area (Å²) < 4.78 is 16.2. The number of hydrogen-bond donors (Lipinski definition) is 1. The fourth-order valence-electron chi connectivity index (χ4n) is 2.01. The molecule has 1 unspecified atom stereocenters. The number of rotatable bonds is 6. The van der Waals surface area contributed by atoms with E-state index >= 15 is 0 Å². The zero-order chi connectivity index (χ0) is 17.0. The van der Waals surface area contributed by atoms with Gasteiger partial charge in [-0.3, -0.25) is 4.89 Å². The summed E-state index contributed by atoms with van der Waals surface area (Å²) in [4.78, 5) is 21.2. The molecule has 1 aliphatic rings. The number of carbonyl (C=O) groups excluding carboxylic acids is 1. The van der Waals surface area contributed by atoms with Gasteiger partial charge in [0.2, 0.25) is 0 Å². The summed E-state index contributed by atoms with van der Waals surface area (Å²) in [6.07, 6.45) is -1.16. The Hall–Kier alpha value is -0.890. The van der Waals surface area contributed by atoms with Crippen molar-refractivity contribution in [3.8, 4) is 0 Å². The molecular formula is C15H28O7. The quantitative estimate of drug-likeness (QED) is 0.457. The van der Waals surface area contributed by atoms with Crippen LogP contribution < -0.4 is 0 Å². The monoisotopic (exact) mass is 320 g/mol. The number of carbonyl (C=O) groups is 1. The lowest BCUT2D eigenvalue weighted by atomic mass is 9.93. The van der Waals surface area contributed by atoms with Gasteiger partial charge in [0.15, 0.2) is 5.79 Å². The first-order valence-corrected chi connectivity index (χ1v) is 7.42. The average Bonchev–Trinajstić information content (AvgIpc) is 2.37. The lowest BCUT2D eigenvalue weighted by molar-refractivity contribution is -0.325. The third-order valence-corrected chi connectivity index (χ3v) is 3.20. The Kier molecular flexibility index (Phi) is 6.20. The van der Waals surface area contributed by atoms with Crippen molar-refractivity contribution < 1.29 is 33.9 Å². The third kappa shape index (κ3) is 6.91. The summed E-state index contributed by atoms with van der Waals surface area (Å²) in [6.45, 7) is 11.5. The van der Waals surface area contributed by atoms with Crippen LogP contribution in [0.1, 0.15) is 48.0 Å². The van der Waals surface area contributed by atoms with Crippen LogP contribution in [0.25, 0.3) is 0 Å². The molecule has 1 saturated heterocycles. The molecule has 1 fully saturated rings. The van der Waals surface area contributed by atoms with Gasteiger partial charge < -0.3 is 19.3 Å². The van der Waals surface area contributed by atoms with E-state index in [1.165, 1.54) is 0 Å². The Morgan fingerprint density at radius 3 is 2.32 bits per heavy atom. The van der Waals surface area contributed by atoms with Crippen molar-refractivity contribution in [1.29, 1.82) is 0 Å². The van der Waals surface area contributed by atoms with E-state index in [9.17, 15) is 9.90 Å². The Balaban J connectivity index is 2.31. The molecule has 0 aliphatic carbocycles. The molecule has 7 nitrogen and oxygen atoms in total. The van der Waals surface area contributed by atoms with E-state index in [-0.39, 0.29) is 6.61 Å². The maximum absolute atomic E-state index is 11.6.